The van der Waals surface area contributed by atoms with Crippen molar-refractivity contribution in [2.75, 3.05) is 139 Å². The van der Waals surface area contributed by atoms with E-state index in [-0.39, 0.29) is 135 Å². The molecule has 16 rings (SSSR count). The predicted molar refractivity (Wildman–Crippen MR) is 555 cm³/mol. The zero-order valence-electron chi connectivity index (χ0n) is 79.7. The van der Waals surface area contributed by atoms with Crippen LogP contribution in [0.3, 0.4) is 0 Å². The molecule has 4 saturated heterocycles. The van der Waals surface area contributed by atoms with Crippen LogP contribution in [-0.4, -0.2) is 228 Å². The Kier molecular flexibility index (Phi) is 44.0. The van der Waals surface area contributed by atoms with E-state index in [0.717, 1.165) is 128 Å². The molecule has 6 aromatic heterocycles. The molecule has 0 radical (unpaired) electrons. The summed E-state index contributed by atoms with van der Waals surface area (Å²) in [5.74, 6) is 1.37. The molecule has 0 aliphatic carbocycles. The maximum atomic E-state index is 12.4. The second-order valence-corrected chi connectivity index (χ2v) is 34.8. The first-order valence-electron chi connectivity index (χ1n) is 44.5. The average Bonchev–Trinajstić information content (AvgIpc) is 1.65. The minimum atomic E-state index is -0.659. The Balaban J connectivity index is 0.000000251. The number of aromatic nitrogens is 9. The molecule has 4 N–H and O–H groups in total. The number of hydrogen-bond acceptors (Lipinski definition) is 32. The molecule has 4 aliphatic heterocycles. The lowest BCUT2D eigenvalue weighted by Crippen LogP contribution is -2.35. The van der Waals surface area contributed by atoms with Crippen LogP contribution in [0, 0.1) is 51.3 Å². The Labute approximate surface area is 834 Å². The quantitative estimate of drug-likeness (QED) is 0.0136. The predicted octanol–water partition coefficient (Wildman–Crippen LogP) is 19.1. The van der Waals surface area contributed by atoms with Crippen LogP contribution in [-0.2, 0) is 42.0 Å². The number of carbonyl (C=O) groups is 2. The van der Waals surface area contributed by atoms with Gasteiger partial charge in [0.05, 0.1) is 71.5 Å². The lowest BCUT2D eigenvalue weighted by Gasteiger charge is -2.27. The first-order chi connectivity index (χ1) is 64.8. The number of aliphatic hydroxyl groups excluding tert-OH is 1. The molecule has 0 bridgehead atoms. The second kappa shape index (κ2) is 54.0. The summed E-state index contributed by atoms with van der Waals surface area (Å²) >= 11 is 6.00. The van der Waals surface area contributed by atoms with E-state index < -0.39 is 25.6 Å². The zero-order valence-corrected chi connectivity index (χ0v) is 83.5. The van der Waals surface area contributed by atoms with Crippen LogP contribution in [0.1, 0.15) is 108 Å². The highest BCUT2D eigenvalue weighted by molar-refractivity contribution is 7.59. The maximum absolute atomic E-state index is 12.4. The van der Waals surface area contributed by atoms with Gasteiger partial charge in [0.2, 0.25) is 34.8 Å². The topological polar surface area (TPSA) is 438 Å². The van der Waals surface area contributed by atoms with E-state index in [1.54, 1.807) is 137 Å². The smallest absolute Gasteiger partial charge is 0.312 e. The number of likely N-dealkylation sites (tertiary alicyclic amines) is 3. The van der Waals surface area contributed by atoms with Crippen molar-refractivity contribution in [3.8, 4) is 34.9 Å². The van der Waals surface area contributed by atoms with Crippen LogP contribution < -0.4 is 39.5 Å². The third-order valence-electron chi connectivity index (χ3n) is 22.6. The number of esters is 2. The average molecular weight is 2000 g/mol. The van der Waals surface area contributed by atoms with E-state index in [1.165, 1.54) is 73.8 Å². The van der Waals surface area contributed by atoms with Crippen molar-refractivity contribution < 1.29 is 67.5 Å². The standard InChI is InChI=1S/C32H39N7O5.C26H29N7O3.C18H17ClN4O5.C14H21N3O3.C4H8O.CH4O.CH4.3H2S/c1-6-16-37-17-14-25(20-37)36(5)23-12-10-22(11-13-23)33-31-34-28-27(15-18-38(28)21-43-30(40)32(2,3)4)29(35-31)44-26-9-7-8-24(19-26)39(41)42;1-3-14-32-15-12-21(17-32)31(2)19-9-7-18(8-10-19)28-26-29-24-23(11-13-27-24)25(30-26)36-22-6-4-5-20(16-22)33(34)35;1-18(2,3)16(24)27-10-22-8-7-13-14(22)20-17(19)21-15(13)28-12-6-4-5-11(9-12)23(25)26;1-15(12-3-5-13(6-4-12)17(18)19)14-7-8-16(11-14)9-10-20-2;1-2-4-5-3-1;1-2;;;;/h7-13,15,18-19,25H,6,14,16-17,20-21H2,1-5H3,(H,33,34,35);4-11,13,16,21H,3,12,14-15,17H2,1-2H3,(H2,27,28,29,30);4-9H,10H2,1-3H3;3-6,14H,7-11H2,1-2H3;1-4H2;2H,1H3;1H4;3*1H2/t25-;21-;;14-;;;;;;/m00.0....../s1. The van der Waals surface area contributed by atoms with Gasteiger partial charge in [-0.1, -0.05) is 39.5 Å². The number of H-pyrrole nitrogens is 1. The Morgan fingerprint density at radius 3 is 1.23 bits per heavy atom. The van der Waals surface area contributed by atoms with E-state index in [2.05, 4.69) is 122 Å². The van der Waals surface area contributed by atoms with E-state index in [9.17, 15) is 50.0 Å². The Bertz CT molecular complexity index is 5970. The molecular weight excluding hydrogens is 1870 g/mol. The molecular formula is C96H128ClN21O18S3. The molecule has 4 aliphatic rings. The van der Waals surface area contributed by atoms with Gasteiger partial charge in [0.1, 0.15) is 22.9 Å². The Morgan fingerprint density at radius 1 is 0.496 bits per heavy atom. The van der Waals surface area contributed by atoms with Crippen molar-refractivity contribution in [1.82, 2.24) is 58.7 Å². The largest absolute Gasteiger partial charge is 0.443 e. The molecule has 6 aromatic carbocycles. The van der Waals surface area contributed by atoms with Gasteiger partial charge in [-0.15, -0.1) is 0 Å². The number of nitrogens with zero attached hydrogens (tertiary/aromatic N) is 18. The fraction of sp³-hybridized carbons (Fsp3) is 0.417. The molecule has 0 saturated carbocycles. The molecule has 3 atom stereocenters. The summed E-state index contributed by atoms with van der Waals surface area (Å²) in [5.41, 5.74) is 4.99. The van der Waals surface area contributed by atoms with Crippen molar-refractivity contribution in [3.63, 3.8) is 0 Å². The number of rotatable bonds is 31. The molecule has 0 spiro atoms. The van der Waals surface area contributed by atoms with Gasteiger partial charge in [-0.05, 0) is 208 Å². The molecule has 0 amide bonds. The van der Waals surface area contributed by atoms with Gasteiger partial charge >= 0.3 is 11.9 Å². The van der Waals surface area contributed by atoms with Crippen LogP contribution in [0.25, 0.3) is 33.1 Å². The molecule has 139 heavy (non-hydrogen) atoms. The summed E-state index contributed by atoms with van der Waals surface area (Å²) in [6.45, 7) is 27.5. The number of non-ortho nitro benzene ring substituents is 4. The normalized spacial score (nSPS) is 14.9. The fourth-order valence-electron chi connectivity index (χ4n) is 15.1. The SMILES string of the molecule is C.C1CCOC1.CC(C)(C)C(=O)OCn1ccc2c(Oc3cccc([N+](=O)[O-])c3)nc(Cl)nc21.CCCN1CC[C@H](N(C)c2ccc(Nc3nc(Oc4cccc([N+](=O)[O-])c4)c4cc[nH]c4n3)cc2)C1.CCCN1CC[C@H](N(C)c2ccc(Nc3nc(Oc4cccc([N+](=O)[O-])c4)c4ccn(COC(=O)C(C)(C)C)c4n3)cc2)C1.CO.COCCN1CC[C@H](N(C)c2ccc([N+](=O)[O-])cc2)C1.S.S.S. The summed E-state index contributed by atoms with van der Waals surface area (Å²) in [6, 6.07) is 47.4. The second-order valence-electron chi connectivity index (χ2n) is 34.5. The number of ether oxygens (including phenoxy) is 7. The lowest BCUT2D eigenvalue weighted by molar-refractivity contribution is -0.385. The number of benzene rings is 6. The minimum absolute atomic E-state index is 0. The number of likely N-dealkylation sites (N-methyl/N-ethyl adjacent to an activating group) is 3. The highest BCUT2D eigenvalue weighted by Gasteiger charge is 2.31. The number of aliphatic hydroxyl groups is 1. The van der Waals surface area contributed by atoms with Gasteiger partial charge < -0.3 is 78.4 Å². The molecule has 750 valence electrons. The monoisotopic (exact) mass is 1990 g/mol. The van der Waals surface area contributed by atoms with E-state index >= 15 is 0 Å². The first-order valence-corrected chi connectivity index (χ1v) is 44.9. The van der Waals surface area contributed by atoms with Crippen molar-refractivity contribution in [2.45, 2.75) is 139 Å². The van der Waals surface area contributed by atoms with Crippen molar-refractivity contribution in [3.05, 3.63) is 228 Å². The van der Waals surface area contributed by atoms with E-state index in [1.807, 2.05) is 43.4 Å². The molecule has 39 nitrogen and oxygen atoms in total. The number of fused-ring (bicyclic) bond motifs is 3. The molecule has 0 unspecified atom stereocenters. The third-order valence-corrected chi connectivity index (χ3v) is 22.7. The fourth-order valence-corrected chi connectivity index (χ4v) is 15.3. The van der Waals surface area contributed by atoms with Crippen LogP contribution in [0.15, 0.2) is 182 Å². The summed E-state index contributed by atoms with van der Waals surface area (Å²) in [7, 11) is 9.06. The van der Waals surface area contributed by atoms with Gasteiger partial charge in [-0.3, -0.25) is 64.1 Å². The van der Waals surface area contributed by atoms with Gasteiger partial charge in [0, 0.05) is 190 Å². The highest BCUT2D eigenvalue weighted by atomic mass is 35.5. The van der Waals surface area contributed by atoms with Crippen LogP contribution in [0.2, 0.25) is 5.28 Å². The Hall–Kier alpha value is -12.8. The molecule has 12 aromatic rings. The number of hydrogen-bond donors (Lipinski definition) is 4. The lowest BCUT2D eigenvalue weighted by atomic mass is 9.97. The third kappa shape index (κ3) is 32.1. The number of nitro groups is 4. The number of nitrogens with one attached hydrogen (secondary N) is 3. The van der Waals surface area contributed by atoms with Crippen LogP contribution in [0.5, 0.6) is 34.9 Å². The van der Waals surface area contributed by atoms with Gasteiger partial charge in [-0.25, -0.2) is 0 Å². The highest BCUT2D eigenvalue weighted by Crippen LogP contribution is 2.38. The number of aromatic amines is 1. The summed E-state index contributed by atoms with van der Waals surface area (Å²) in [6.07, 6.45) is 13.5. The van der Waals surface area contributed by atoms with Crippen molar-refractivity contribution in [1.29, 1.82) is 0 Å². The van der Waals surface area contributed by atoms with Crippen LogP contribution >= 0.6 is 52.1 Å². The number of methoxy groups -OCH3 is 1. The number of nitro benzene ring substituents is 4. The molecule has 4 fully saturated rings. The minimum Gasteiger partial charge on any atom is -0.443 e. The maximum Gasteiger partial charge on any atom is 0.312 e. The van der Waals surface area contributed by atoms with Gasteiger partial charge in [0.15, 0.2) is 24.8 Å². The summed E-state index contributed by atoms with van der Waals surface area (Å²) < 4.78 is 41.8. The molecule has 43 heteroatoms. The molecule has 10 heterocycles. The Morgan fingerprint density at radius 2 is 0.863 bits per heavy atom. The van der Waals surface area contributed by atoms with E-state index in [0.29, 0.717) is 68.8 Å². The number of carbonyl (C=O) groups excluding carboxylic acids is 2. The number of anilines is 7. The van der Waals surface area contributed by atoms with Crippen molar-refractivity contribution in [2.24, 2.45) is 10.8 Å². The first kappa shape index (κ1) is 113. The van der Waals surface area contributed by atoms with Gasteiger partial charge in [-0.2, -0.15) is 70.4 Å². The van der Waals surface area contributed by atoms with Crippen molar-refractivity contribution >= 4 is 160 Å². The van der Waals surface area contributed by atoms with E-state index in [4.69, 9.17) is 54.8 Å². The summed E-state index contributed by atoms with van der Waals surface area (Å²) in [4.78, 5) is 111. The van der Waals surface area contributed by atoms with Crippen LogP contribution in [0.4, 0.5) is 63.1 Å². The van der Waals surface area contributed by atoms with Gasteiger partial charge in [0.25, 0.3) is 22.7 Å². The number of halogens is 1. The zero-order chi connectivity index (χ0) is 97.0. The summed E-state index contributed by atoms with van der Waals surface area (Å²) in [5, 5.41) is 59.2.